The van der Waals surface area contributed by atoms with Gasteiger partial charge in [-0.25, -0.2) is 0 Å². The summed E-state index contributed by atoms with van der Waals surface area (Å²) in [5.74, 6) is -0.906. The molecular formula is C26H21ClN2O4S. The van der Waals surface area contributed by atoms with Crippen molar-refractivity contribution in [1.82, 2.24) is 5.32 Å². The highest BCUT2D eigenvalue weighted by Crippen LogP contribution is 2.39. The van der Waals surface area contributed by atoms with Crippen LogP contribution >= 0.6 is 22.9 Å². The lowest BCUT2D eigenvalue weighted by atomic mass is 10.1. The fourth-order valence-electron chi connectivity index (χ4n) is 4.19. The molecule has 2 aromatic heterocycles. The van der Waals surface area contributed by atoms with E-state index < -0.39 is 5.91 Å². The Bertz CT molecular complexity index is 1460. The molecule has 2 amide bonds. The van der Waals surface area contributed by atoms with Crippen molar-refractivity contribution in [2.75, 3.05) is 11.9 Å². The number of carbonyl (C=O) groups is 2. The molecule has 5 rings (SSSR count). The number of carbonyl (C=O) groups excluding carboxylic acids is 2. The lowest BCUT2D eigenvalue weighted by molar-refractivity contribution is 0.0954. The molecule has 8 heteroatoms. The van der Waals surface area contributed by atoms with Crippen molar-refractivity contribution in [3.8, 4) is 0 Å². The van der Waals surface area contributed by atoms with E-state index in [1.807, 2.05) is 30.3 Å². The molecule has 0 spiro atoms. The molecule has 1 aliphatic rings. The third-order valence-electron chi connectivity index (χ3n) is 5.83. The minimum Gasteiger partial charge on any atom is -0.451 e. The number of aryl methyl sites for hydroxylation is 1. The number of halogens is 1. The second kappa shape index (κ2) is 9.44. The van der Waals surface area contributed by atoms with Crippen molar-refractivity contribution < 1.29 is 14.0 Å². The highest BCUT2D eigenvalue weighted by molar-refractivity contribution is 7.17. The number of anilines is 1. The Hall–Kier alpha value is -3.42. The topological polar surface area (TPSA) is 88.4 Å². The van der Waals surface area contributed by atoms with Gasteiger partial charge in [-0.2, -0.15) is 0 Å². The first-order chi connectivity index (χ1) is 16.5. The summed E-state index contributed by atoms with van der Waals surface area (Å²) in [7, 11) is 0. The van der Waals surface area contributed by atoms with E-state index in [1.54, 1.807) is 12.1 Å². The van der Waals surface area contributed by atoms with E-state index in [2.05, 4.69) is 10.6 Å². The van der Waals surface area contributed by atoms with Gasteiger partial charge in [0.1, 0.15) is 10.6 Å². The summed E-state index contributed by atoms with van der Waals surface area (Å²) in [6, 6.07) is 15.7. The maximum atomic E-state index is 13.1. The molecule has 0 radical (unpaired) electrons. The molecule has 0 aliphatic heterocycles. The van der Waals surface area contributed by atoms with Crippen LogP contribution in [0.1, 0.15) is 43.3 Å². The van der Waals surface area contributed by atoms with Gasteiger partial charge >= 0.3 is 0 Å². The first-order valence-electron chi connectivity index (χ1n) is 11.0. The number of nitrogens with one attached hydrogen (secondary N) is 2. The SMILES string of the molecule is O=C(Nc1sc2c(c1C(=O)NCCc1ccccc1)CCC2)c1cc(=O)c2cc(Cl)ccc2o1. The molecule has 2 aromatic carbocycles. The Balaban J connectivity index is 1.37. The molecule has 1 aliphatic carbocycles. The lowest BCUT2D eigenvalue weighted by Gasteiger charge is -2.10. The molecule has 6 nitrogen and oxygen atoms in total. The smallest absolute Gasteiger partial charge is 0.292 e. The molecule has 0 atom stereocenters. The van der Waals surface area contributed by atoms with E-state index in [4.69, 9.17) is 16.0 Å². The summed E-state index contributed by atoms with van der Waals surface area (Å²) in [6.07, 6.45) is 3.38. The summed E-state index contributed by atoms with van der Waals surface area (Å²) in [5, 5.41) is 6.99. The first kappa shape index (κ1) is 22.4. The van der Waals surface area contributed by atoms with E-state index in [1.165, 1.54) is 17.4 Å². The number of amides is 2. The molecule has 4 aromatic rings. The fraction of sp³-hybridized carbons (Fsp3) is 0.192. The monoisotopic (exact) mass is 492 g/mol. The Kier molecular flexibility index (Phi) is 6.22. The first-order valence-corrected chi connectivity index (χ1v) is 12.2. The summed E-state index contributed by atoms with van der Waals surface area (Å²) in [4.78, 5) is 39.7. The average molecular weight is 493 g/mol. The van der Waals surface area contributed by atoms with Crippen LogP contribution < -0.4 is 16.1 Å². The van der Waals surface area contributed by atoms with Crippen LogP contribution in [-0.4, -0.2) is 18.4 Å². The molecule has 172 valence electrons. The predicted molar refractivity (Wildman–Crippen MR) is 134 cm³/mol. The molecule has 0 saturated carbocycles. The van der Waals surface area contributed by atoms with E-state index in [9.17, 15) is 14.4 Å². The maximum Gasteiger partial charge on any atom is 0.292 e. The number of hydrogen-bond donors (Lipinski definition) is 2. The van der Waals surface area contributed by atoms with Gasteiger partial charge in [0.15, 0.2) is 11.2 Å². The zero-order chi connectivity index (χ0) is 23.7. The quantitative estimate of drug-likeness (QED) is 0.386. The largest absolute Gasteiger partial charge is 0.451 e. The number of rotatable bonds is 6. The highest BCUT2D eigenvalue weighted by Gasteiger charge is 2.28. The molecule has 2 N–H and O–H groups in total. The minimum atomic E-state index is -0.577. The van der Waals surface area contributed by atoms with Gasteiger partial charge < -0.3 is 15.1 Å². The summed E-state index contributed by atoms with van der Waals surface area (Å²) >= 11 is 7.37. The van der Waals surface area contributed by atoms with E-state index in [0.29, 0.717) is 33.9 Å². The van der Waals surface area contributed by atoms with Crippen LogP contribution in [0.2, 0.25) is 5.02 Å². The molecule has 0 unspecified atom stereocenters. The van der Waals surface area contributed by atoms with Crippen LogP contribution in [0.4, 0.5) is 5.00 Å². The van der Waals surface area contributed by atoms with Gasteiger partial charge in [0, 0.05) is 22.5 Å². The second-order valence-corrected chi connectivity index (χ2v) is 9.66. The van der Waals surface area contributed by atoms with Crippen molar-refractivity contribution in [3.63, 3.8) is 0 Å². The normalized spacial score (nSPS) is 12.5. The third-order valence-corrected chi connectivity index (χ3v) is 7.27. The van der Waals surface area contributed by atoms with Gasteiger partial charge in [0.2, 0.25) is 0 Å². The van der Waals surface area contributed by atoms with E-state index in [-0.39, 0.29) is 22.7 Å². The van der Waals surface area contributed by atoms with Gasteiger partial charge in [-0.15, -0.1) is 11.3 Å². The van der Waals surface area contributed by atoms with Crippen LogP contribution in [-0.2, 0) is 19.3 Å². The zero-order valence-corrected chi connectivity index (χ0v) is 19.7. The van der Waals surface area contributed by atoms with Crippen molar-refractivity contribution >= 4 is 50.7 Å². The third kappa shape index (κ3) is 4.49. The minimum absolute atomic E-state index is 0.121. The van der Waals surface area contributed by atoms with E-state index >= 15 is 0 Å². The van der Waals surface area contributed by atoms with Gasteiger partial charge in [-0.3, -0.25) is 14.4 Å². The van der Waals surface area contributed by atoms with Gasteiger partial charge in [-0.1, -0.05) is 41.9 Å². The average Bonchev–Trinajstić information content (AvgIpc) is 3.41. The van der Waals surface area contributed by atoms with Crippen LogP contribution in [0, 0.1) is 0 Å². The second-order valence-electron chi connectivity index (χ2n) is 8.12. The maximum absolute atomic E-state index is 13.1. The Morgan fingerprint density at radius 3 is 2.68 bits per heavy atom. The molecular weight excluding hydrogens is 472 g/mol. The van der Waals surface area contributed by atoms with E-state index in [0.717, 1.165) is 41.3 Å². The number of thiophene rings is 1. The van der Waals surface area contributed by atoms with Gasteiger partial charge in [0.05, 0.1) is 10.9 Å². The number of benzene rings is 2. The summed E-state index contributed by atoms with van der Waals surface area (Å²) < 4.78 is 5.66. The molecule has 0 saturated heterocycles. The predicted octanol–water partition coefficient (Wildman–Crippen LogP) is 5.22. The van der Waals surface area contributed by atoms with Crippen molar-refractivity contribution in [1.29, 1.82) is 0 Å². The summed E-state index contributed by atoms with van der Waals surface area (Å²) in [6.45, 7) is 0.489. The molecule has 0 fully saturated rings. The van der Waals surface area contributed by atoms with Crippen LogP contribution in [0.15, 0.2) is 63.8 Å². The van der Waals surface area contributed by atoms with Crippen molar-refractivity contribution in [2.24, 2.45) is 0 Å². The molecule has 34 heavy (non-hydrogen) atoms. The van der Waals surface area contributed by atoms with Crippen molar-refractivity contribution in [2.45, 2.75) is 25.7 Å². The summed E-state index contributed by atoms with van der Waals surface area (Å²) in [5.41, 5.74) is 2.55. The Labute approximate surface area is 204 Å². The van der Waals surface area contributed by atoms with Crippen LogP contribution in [0.5, 0.6) is 0 Å². The highest BCUT2D eigenvalue weighted by atomic mass is 35.5. The van der Waals surface area contributed by atoms with Crippen molar-refractivity contribution in [3.05, 3.63) is 97.2 Å². The molecule has 2 heterocycles. The van der Waals surface area contributed by atoms with Crippen LogP contribution in [0.25, 0.3) is 11.0 Å². The Morgan fingerprint density at radius 2 is 1.85 bits per heavy atom. The van der Waals surface area contributed by atoms with Gasteiger partial charge in [0.25, 0.3) is 11.8 Å². The number of hydrogen-bond acceptors (Lipinski definition) is 5. The lowest BCUT2D eigenvalue weighted by Crippen LogP contribution is -2.27. The standard InChI is InChI=1S/C26H21ClN2O4S/c27-16-9-10-20-18(13-16)19(30)14-21(33-20)24(31)29-26-23(17-7-4-8-22(17)34-26)25(32)28-12-11-15-5-2-1-3-6-15/h1-3,5-6,9-10,13-14H,4,7-8,11-12H2,(H,28,32)(H,29,31). The van der Waals surface area contributed by atoms with Crippen LogP contribution in [0.3, 0.4) is 0 Å². The molecule has 0 bridgehead atoms. The Morgan fingerprint density at radius 1 is 1.03 bits per heavy atom. The van der Waals surface area contributed by atoms with Gasteiger partial charge in [-0.05, 0) is 55.0 Å². The zero-order valence-electron chi connectivity index (χ0n) is 18.2. The number of fused-ring (bicyclic) bond motifs is 2. The fourth-order valence-corrected chi connectivity index (χ4v) is 5.64.